The van der Waals surface area contributed by atoms with E-state index in [9.17, 15) is 4.79 Å². The van der Waals surface area contributed by atoms with Gasteiger partial charge < -0.3 is 14.2 Å². The number of aryl methyl sites for hydroxylation is 1. The Hall–Kier alpha value is -1.88. The minimum Gasteiger partial charge on any atom is -0.469 e. The molecule has 0 saturated carbocycles. The van der Waals surface area contributed by atoms with Gasteiger partial charge in [-0.2, -0.15) is 0 Å². The molecule has 0 saturated heterocycles. The highest BCUT2D eigenvalue weighted by atomic mass is 16.5. The van der Waals surface area contributed by atoms with E-state index in [0.29, 0.717) is 6.42 Å². The molecule has 0 spiro atoms. The third kappa shape index (κ3) is 3.36. The summed E-state index contributed by atoms with van der Waals surface area (Å²) in [6, 6.07) is 8.10. The van der Waals surface area contributed by atoms with Crippen molar-refractivity contribution in [1.82, 2.24) is 14.5 Å². The van der Waals surface area contributed by atoms with Gasteiger partial charge in [-0.05, 0) is 32.6 Å². The molecule has 0 atom stereocenters. The van der Waals surface area contributed by atoms with Crippen LogP contribution in [-0.4, -0.2) is 41.6 Å². The number of para-hydroxylation sites is 2. The van der Waals surface area contributed by atoms with Crippen LogP contribution in [0.3, 0.4) is 0 Å². The maximum Gasteiger partial charge on any atom is 0.305 e. The molecule has 5 nitrogen and oxygen atoms in total. The summed E-state index contributed by atoms with van der Waals surface area (Å²) in [6.45, 7) is 1.56. The Morgan fingerprint density at radius 2 is 2.10 bits per heavy atom. The second-order valence-electron chi connectivity index (χ2n) is 5.09. The lowest BCUT2D eigenvalue weighted by molar-refractivity contribution is -0.140. The van der Waals surface area contributed by atoms with Gasteiger partial charge in [0.2, 0.25) is 0 Å². The number of hydrogen-bond acceptors (Lipinski definition) is 4. The minimum atomic E-state index is -0.163. The highest BCUT2D eigenvalue weighted by Crippen LogP contribution is 2.17. The second kappa shape index (κ2) is 6.52. The van der Waals surface area contributed by atoms with Crippen molar-refractivity contribution < 1.29 is 9.53 Å². The third-order valence-corrected chi connectivity index (χ3v) is 3.18. The number of esters is 1. The van der Waals surface area contributed by atoms with Crippen LogP contribution in [0.1, 0.15) is 18.7 Å². The van der Waals surface area contributed by atoms with Gasteiger partial charge in [0.25, 0.3) is 0 Å². The van der Waals surface area contributed by atoms with Gasteiger partial charge in [0.15, 0.2) is 0 Å². The van der Waals surface area contributed by atoms with E-state index in [1.54, 1.807) is 0 Å². The summed E-state index contributed by atoms with van der Waals surface area (Å²) in [6.07, 6.45) is 1.19. The molecular weight excluding hydrogens is 254 g/mol. The Balaban J connectivity index is 2.21. The molecule has 1 aromatic carbocycles. The Morgan fingerprint density at radius 1 is 1.35 bits per heavy atom. The number of methoxy groups -OCH3 is 1. The second-order valence-corrected chi connectivity index (χ2v) is 5.09. The number of aromatic nitrogens is 2. The molecule has 0 amide bonds. The van der Waals surface area contributed by atoms with Crippen LogP contribution in [0, 0.1) is 0 Å². The maximum absolute atomic E-state index is 11.2. The molecule has 5 heteroatoms. The van der Waals surface area contributed by atoms with Crippen LogP contribution in [0.4, 0.5) is 0 Å². The molecule has 0 fully saturated rings. The first-order valence-corrected chi connectivity index (χ1v) is 6.77. The molecule has 1 heterocycles. The number of hydrogen-bond donors (Lipinski definition) is 0. The van der Waals surface area contributed by atoms with Crippen molar-refractivity contribution in [1.29, 1.82) is 0 Å². The van der Waals surface area contributed by atoms with E-state index in [0.717, 1.165) is 36.4 Å². The Bertz CT molecular complexity index is 590. The largest absolute Gasteiger partial charge is 0.469 e. The molecule has 108 valence electrons. The summed E-state index contributed by atoms with van der Waals surface area (Å²) in [7, 11) is 5.47. The fraction of sp³-hybridized carbons (Fsp3) is 0.467. The van der Waals surface area contributed by atoms with E-state index in [4.69, 9.17) is 0 Å². The van der Waals surface area contributed by atoms with Crippen molar-refractivity contribution >= 4 is 17.0 Å². The zero-order valence-electron chi connectivity index (χ0n) is 12.3. The van der Waals surface area contributed by atoms with Crippen molar-refractivity contribution in [3.63, 3.8) is 0 Å². The van der Waals surface area contributed by atoms with Crippen molar-refractivity contribution in [2.45, 2.75) is 25.9 Å². The number of nitrogens with zero attached hydrogens (tertiary/aromatic N) is 3. The summed E-state index contributed by atoms with van der Waals surface area (Å²) in [5.41, 5.74) is 2.12. The number of imidazole rings is 1. The molecule has 0 radical (unpaired) electrons. The lowest BCUT2D eigenvalue weighted by atomic mass is 10.3. The molecule has 0 aliphatic carbocycles. The van der Waals surface area contributed by atoms with Gasteiger partial charge in [0.05, 0.1) is 24.7 Å². The monoisotopic (exact) mass is 275 g/mol. The SMILES string of the molecule is COC(=O)CCCn1c(CN(C)C)nc2ccccc21. The number of ether oxygens (including phenoxy) is 1. The maximum atomic E-state index is 11.2. The fourth-order valence-electron chi connectivity index (χ4n) is 2.26. The summed E-state index contributed by atoms with van der Waals surface area (Å²) in [5.74, 6) is 0.865. The average Bonchev–Trinajstić information content (AvgIpc) is 2.75. The molecule has 2 aromatic rings. The van der Waals surface area contributed by atoms with E-state index in [1.165, 1.54) is 7.11 Å². The van der Waals surface area contributed by atoms with Gasteiger partial charge in [-0.1, -0.05) is 12.1 Å². The Morgan fingerprint density at radius 3 is 2.80 bits per heavy atom. The highest BCUT2D eigenvalue weighted by Gasteiger charge is 2.11. The van der Waals surface area contributed by atoms with Crippen molar-refractivity contribution in [2.75, 3.05) is 21.2 Å². The first-order chi connectivity index (χ1) is 9.61. The zero-order chi connectivity index (χ0) is 14.5. The normalized spacial score (nSPS) is 11.2. The Kier molecular flexibility index (Phi) is 4.74. The number of fused-ring (bicyclic) bond motifs is 1. The number of carbonyl (C=O) groups is 1. The van der Waals surface area contributed by atoms with Crippen LogP contribution in [0.5, 0.6) is 0 Å². The Labute approximate surface area is 119 Å². The van der Waals surface area contributed by atoms with Gasteiger partial charge in [0, 0.05) is 13.0 Å². The molecule has 0 aliphatic heterocycles. The van der Waals surface area contributed by atoms with Gasteiger partial charge >= 0.3 is 5.97 Å². The van der Waals surface area contributed by atoms with E-state index < -0.39 is 0 Å². The molecule has 0 aliphatic rings. The van der Waals surface area contributed by atoms with Crippen molar-refractivity contribution in [3.8, 4) is 0 Å². The van der Waals surface area contributed by atoms with Crippen molar-refractivity contribution in [3.05, 3.63) is 30.1 Å². The van der Waals surface area contributed by atoms with Crippen LogP contribution >= 0.6 is 0 Å². The van der Waals surface area contributed by atoms with E-state index >= 15 is 0 Å². The van der Waals surface area contributed by atoms with Gasteiger partial charge in [0.1, 0.15) is 5.82 Å². The lowest BCUT2D eigenvalue weighted by Crippen LogP contribution is -2.16. The topological polar surface area (TPSA) is 47.4 Å². The van der Waals surface area contributed by atoms with E-state index in [2.05, 4.69) is 25.3 Å². The molecule has 20 heavy (non-hydrogen) atoms. The van der Waals surface area contributed by atoms with Gasteiger partial charge in [-0.15, -0.1) is 0 Å². The smallest absolute Gasteiger partial charge is 0.305 e. The van der Waals surface area contributed by atoms with Crippen LogP contribution in [0.25, 0.3) is 11.0 Å². The summed E-state index contributed by atoms with van der Waals surface area (Å²) >= 11 is 0. The molecular formula is C15H21N3O2. The summed E-state index contributed by atoms with van der Waals surface area (Å²) < 4.78 is 6.87. The third-order valence-electron chi connectivity index (χ3n) is 3.18. The van der Waals surface area contributed by atoms with Gasteiger partial charge in [-0.25, -0.2) is 4.98 Å². The molecule has 0 unspecified atom stereocenters. The van der Waals surface area contributed by atoms with Crippen LogP contribution < -0.4 is 0 Å². The predicted molar refractivity (Wildman–Crippen MR) is 78.4 cm³/mol. The fourth-order valence-corrected chi connectivity index (χ4v) is 2.26. The van der Waals surface area contributed by atoms with Crippen molar-refractivity contribution in [2.24, 2.45) is 0 Å². The molecule has 0 N–H and O–H groups in total. The first-order valence-electron chi connectivity index (χ1n) is 6.77. The minimum absolute atomic E-state index is 0.163. The number of carbonyl (C=O) groups excluding carboxylic acids is 1. The highest BCUT2D eigenvalue weighted by molar-refractivity contribution is 5.76. The number of rotatable bonds is 6. The zero-order valence-corrected chi connectivity index (χ0v) is 12.3. The molecule has 2 rings (SSSR count). The standard InChI is InChI=1S/C15H21N3O2/c1-17(2)11-14-16-12-7-4-5-8-13(12)18(14)10-6-9-15(19)20-3/h4-5,7-8H,6,9-11H2,1-3H3. The van der Waals surface area contributed by atoms with Crippen LogP contribution in [0.2, 0.25) is 0 Å². The predicted octanol–water partition coefficient (Wildman–Crippen LogP) is 2.05. The average molecular weight is 275 g/mol. The quantitative estimate of drug-likeness (QED) is 0.757. The lowest BCUT2D eigenvalue weighted by Gasteiger charge is -2.12. The molecule has 0 bridgehead atoms. The van der Waals surface area contributed by atoms with E-state index in [1.807, 2.05) is 32.3 Å². The first kappa shape index (κ1) is 14.5. The summed E-state index contributed by atoms with van der Waals surface area (Å²) in [4.78, 5) is 18.0. The van der Waals surface area contributed by atoms with Crippen LogP contribution in [0.15, 0.2) is 24.3 Å². The summed E-state index contributed by atoms with van der Waals surface area (Å²) in [5, 5.41) is 0. The van der Waals surface area contributed by atoms with Gasteiger partial charge in [-0.3, -0.25) is 4.79 Å². The molecule has 1 aromatic heterocycles. The number of benzene rings is 1. The van der Waals surface area contributed by atoms with Crippen LogP contribution in [-0.2, 0) is 22.6 Å². The van der Waals surface area contributed by atoms with E-state index in [-0.39, 0.29) is 5.97 Å².